The quantitative estimate of drug-likeness (QED) is 0.710. The fourth-order valence-corrected chi connectivity index (χ4v) is 2.86. The molecule has 136 valence electrons. The van der Waals surface area contributed by atoms with Gasteiger partial charge in [0, 0.05) is 17.5 Å². The molecule has 0 bridgehead atoms. The summed E-state index contributed by atoms with van der Waals surface area (Å²) in [7, 11) is 1.62. The summed E-state index contributed by atoms with van der Waals surface area (Å²) in [6.45, 7) is 4.13. The third kappa shape index (κ3) is 3.79. The van der Waals surface area contributed by atoms with Crippen LogP contribution in [0.25, 0.3) is 11.0 Å². The lowest BCUT2D eigenvalue weighted by Gasteiger charge is -2.13. The summed E-state index contributed by atoms with van der Waals surface area (Å²) in [4.78, 5) is 12.1. The molecule has 2 N–H and O–H groups in total. The number of aryl methyl sites for hydroxylation is 1. The normalized spacial score (nSPS) is 12.0. The first-order valence-corrected chi connectivity index (χ1v) is 8.33. The molecule has 6 heteroatoms. The second kappa shape index (κ2) is 7.47. The second-order valence-corrected chi connectivity index (χ2v) is 6.13. The number of methoxy groups -OCH3 is 1. The first kappa shape index (κ1) is 17.8. The fraction of sp³-hybridized carbons (Fsp3) is 0.250. The first-order valence-electron chi connectivity index (χ1n) is 8.33. The molecule has 0 aliphatic carbocycles. The highest BCUT2D eigenvalue weighted by Crippen LogP contribution is 2.31. The number of urea groups is 1. The molecule has 0 saturated carbocycles. The lowest BCUT2D eigenvalue weighted by atomic mass is 10.1. The van der Waals surface area contributed by atoms with Crippen molar-refractivity contribution in [2.24, 2.45) is 0 Å². The van der Waals surface area contributed by atoms with Gasteiger partial charge in [0.1, 0.15) is 22.9 Å². The minimum Gasteiger partial charge on any atom is -0.497 e. The van der Waals surface area contributed by atoms with Crippen LogP contribution < -0.4 is 15.4 Å². The molecule has 1 unspecified atom stereocenters. The Balaban J connectivity index is 1.66. The van der Waals surface area contributed by atoms with E-state index in [1.165, 1.54) is 12.1 Å². The number of benzene rings is 2. The third-order valence-electron chi connectivity index (χ3n) is 4.29. The van der Waals surface area contributed by atoms with Crippen molar-refractivity contribution in [2.75, 3.05) is 7.11 Å². The van der Waals surface area contributed by atoms with Gasteiger partial charge in [0.2, 0.25) is 0 Å². The van der Waals surface area contributed by atoms with Gasteiger partial charge in [-0.15, -0.1) is 0 Å². The molecule has 5 nitrogen and oxygen atoms in total. The van der Waals surface area contributed by atoms with E-state index in [9.17, 15) is 9.18 Å². The standard InChI is InChI=1S/C20H21FN2O3/c1-12-17-10-16(25-3)8-9-18(17)26-19(12)13(2)23-20(24)22-11-14-4-6-15(21)7-5-14/h4-10,13H,11H2,1-3H3,(H2,22,23,24). The van der Waals surface area contributed by atoms with Crippen LogP contribution in [0.1, 0.15) is 29.9 Å². The van der Waals surface area contributed by atoms with Crippen molar-refractivity contribution < 1.29 is 18.3 Å². The molecule has 26 heavy (non-hydrogen) atoms. The predicted octanol–water partition coefficient (Wildman–Crippen LogP) is 4.45. The molecule has 2 aromatic carbocycles. The van der Waals surface area contributed by atoms with E-state index in [0.717, 1.165) is 27.8 Å². The molecule has 0 aliphatic heterocycles. The van der Waals surface area contributed by atoms with Gasteiger partial charge in [-0.3, -0.25) is 0 Å². The van der Waals surface area contributed by atoms with Crippen LogP contribution in [-0.2, 0) is 6.54 Å². The molecular formula is C20H21FN2O3. The Hall–Kier alpha value is -3.02. The number of rotatable bonds is 5. The highest BCUT2D eigenvalue weighted by Gasteiger charge is 2.18. The number of fused-ring (bicyclic) bond motifs is 1. The van der Waals surface area contributed by atoms with E-state index in [4.69, 9.17) is 9.15 Å². The van der Waals surface area contributed by atoms with Gasteiger partial charge in [0.05, 0.1) is 13.2 Å². The van der Waals surface area contributed by atoms with Gasteiger partial charge < -0.3 is 19.8 Å². The van der Waals surface area contributed by atoms with Crippen LogP contribution in [0.5, 0.6) is 5.75 Å². The monoisotopic (exact) mass is 356 g/mol. The van der Waals surface area contributed by atoms with Crippen molar-refractivity contribution in [1.29, 1.82) is 0 Å². The number of ether oxygens (including phenoxy) is 1. The number of halogens is 1. The molecule has 0 aliphatic rings. The summed E-state index contributed by atoms with van der Waals surface area (Å²) in [5.41, 5.74) is 2.53. The lowest BCUT2D eigenvalue weighted by molar-refractivity contribution is 0.236. The van der Waals surface area contributed by atoms with E-state index in [2.05, 4.69) is 10.6 Å². The average Bonchev–Trinajstić information content (AvgIpc) is 2.97. The zero-order valence-electron chi connectivity index (χ0n) is 14.9. The first-order chi connectivity index (χ1) is 12.5. The van der Waals surface area contributed by atoms with Gasteiger partial charge in [-0.2, -0.15) is 0 Å². The predicted molar refractivity (Wildman–Crippen MR) is 97.7 cm³/mol. The molecule has 1 heterocycles. The van der Waals surface area contributed by atoms with Crippen molar-refractivity contribution in [3.8, 4) is 5.75 Å². The van der Waals surface area contributed by atoms with Crippen LogP contribution in [0.4, 0.5) is 9.18 Å². The zero-order valence-corrected chi connectivity index (χ0v) is 14.9. The summed E-state index contributed by atoms with van der Waals surface area (Å²) in [6, 6.07) is 11.0. The Bertz CT molecular complexity index is 919. The van der Waals surface area contributed by atoms with Gasteiger partial charge in [-0.05, 0) is 49.7 Å². The lowest BCUT2D eigenvalue weighted by Crippen LogP contribution is -2.36. The largest absolute Gasteiger partial charge is 0.497 e. The van der Waals surface area contributed by atoms with Crippen molar-refractivity contribution in [3.05, 3.63) is 65.2 Å². The molecule has 3 aromatic rings. The second-order valence-electron chi connectivity index (χ2n) is 6.13. The summed E-state index contributed by atoms with van der Waals surface area (Å²) >= 11 is 0. The molecular weight excluding hydrogens is 335 g/mol. The molecule has 2 amide bonds. The van der Waals surface area contributed by atoms with Crippen LogP contribution >= 0.6 is 0 Å². The Morgan fingerprint density at radius 1 is 1.23 bits per heavy atom. The van der Waals surface area contributed by atoms with Gasteiger partial charge >= 0.3 is 6.03 Å². The van der Waals surface area contributed by atoms with Crippen LogP contribution in [0.3, 0.4) is 0 Å². The topological polar surface area (TPSA) is 63.5 Å². The number of amides is 2. The third-order valence-corrected chi connectivity index (χ3v) is 4.29. The SMILES string of the molecule is COc1ccc2oc(C(C)NC(=O)NCc3ccc(F)cc3)c(C)c2c1. The van der Waals surface area contributed by atoms with E-state index in [1.807, 2.05) is 32.0 Å². The number of nitrogens with one attached hydrogen (secondary N) is 2. The number of carbonyl (C=O) groups is 1. The molecule has 1 atom stereocenters. The number of furan rings is 1. The van der Waals surface area contributed by atoms with Crippen molar-refractivity contribution in [1.82, 2.24) is 10.6 Å². The Morgan fingerprint density at radius 2 is 1.96 bits per heavy atom. The van der Waals surface area contributed by atoms with E-state index in [-0.39, 0.29) is 17.9 Å². The average molecular weight is 356 g/mol. The highest BCUT2D eigenvalue weighted by atomic mass is 19.1. The smallest absolute Gasteiger partial charge is 0.315 e. The summed E-state index contributed by atoms with van der Waals surface area (Å²) in [6.07, 6.45) is 0. The Kier molecular flexibility index (Phi) is 5.11. The maximum Gasteiger partial charge on any atom is 0.315 e. The van der Waals surface area contributed by atoms with Gasteiger partial charge in [0.15, 0.2) is 0 Å². The van der Waals surface area contributed by atoms with Crippen molar-refractivity contribution in [2.45, 2.75) is 26.4 Å². The molecule has 1 aromatic heterocycles. The molecule has 3 rings (SSSR count). The Labute approximate surface area is 151 Å². The maximum atomic E-state index is 12.9. The van der Waals surface area contributed by atoms with Crippen molar-refractivity contribution in [3.63, 3.8) is 0 Å². The van der Waals surface area contributed by atoms with Gasteiger partial charge in [-0.25, -0.2) is 9.18 Å². The van der Waals surface area contributed by atoms with Gasteiger partial charge in [-0.1, -0.05) is 12.1 Å². The minimum atomic E-state index is -0.320. The summed E-state index contributed by atoms with van der Waals surface area (Å²) in [5.74, 6) is 1.15. The minimum absolute atomic E-state index is 0.302. The van der Waals surface area contributed by atoms with Crippen molar-refractivity contribution >= 4 is 17.0 Å². The molecule has 0 fully saturated rings. The van der Waals surface area contributed by atoms with E-state index in [0.29, 0.717) is 12.3 Å². The highest BCUT2D eigenvalue weighted by molar-refractivity contribution is 5.84. The summed E-state index contributed by atoms with van der Waals surface area (Å²) < 4.78 is 24.0. The number of carbonyl (C=O) groups excluding carboxylic acids is 1. The summed E-state index contributed by atoms with van der Waals surface area (Å²) in [5, 5.41) is 6.57. The molecule has 0 saturated heterocycles. The van der Waals surface area contributed by atoms with E-state index < -0.39 is 0 Å². The van der Waals surface area contributed by atoms with Crippen LogP contribution in [-0.4, -0.2) is 13.1 Å². The van der Waals surface area contributed by atoms with Crippen LogP contribution in [0, 0.1) is 12.7 Å². The van der Waals surface area contributed by atoms with E-state index in [1.54, 1.807) is 19.2 Å². The number of hydrogen-bond acceptors (Lipinski definition) is 3. The zero-order chi connectivity index (χ0) is 18.7. The Morgan fingerprint density at radius 3 is 2.65 bits per heavy atom. The maximum absolute atomic E-state index is 12.9. The van der Waals surface area contributed by atoms with Crippen LogP contribution in [0.15, 0.2) is 46.9 Å². The molecule has 0 spiro atoms. The van der Waals surface area contributed by atoms with E-state index >= 15 is 0 Å². The van der Waals surface area contributed by atoms with Gasteiger partial charge in [0.25, 0.3) is 0 Å². The van der Waals surface area contributed by atoms with Crippen LogP contribution in [0.2, 0.25) is 0 Å². The fourth-order valence-electron chi connectivity index (χ4n) is 2.86. The number of hydrogen-bond donors (Lipinski definition) is 2. The molecule has 0 radical (unpaired) electrons.